The van der Waals surface area contributed by atoms with Gasteiger partial charge in [-0.1, -0.05) is 5.18 Å². The van der Waals surface area contributed by atoms with E-state index in [9.17, 15) is 19.9 Å². The molecule has 2 rings (SSSR count). The Balaban J connectivity index is 2.29. The molecule has 1 saturated carbocycles. The minimum Gasteiger partial charge on any atom is -0.390 e. The molecule has 1 heterocycles. The third kappa shape index (κ3) is 2.12. The van der Waals surface area contributed by atoms with Crippen molar-refractivity contribution in [3.05, 3.63) is 27.7 Å². The highest BCUT2D eigenvalue weighted by atomic mass is 16.3. The third-order valence-corrected chi connectivity index (χ3v) is 3.29. The van der Waals surface area contributed by atoms with Gasteiger partial charge in [-0.3, -0.25) is 4.57 Å². The predicted octanol–water partition coefficient (Wildman–Crippen LogP) is -1.13. The summed E-state index contributed by atoms with van der Waals surface area (Å²) in [4.78, 5) is 25.4. The summed E-state index contributed by atoms with van der Waals surface area (Å²) >= 11 is 0. The van der Waals surface area contributed by atoms with Crippen molar-refractivity contribution in [2.45, 2.75) is 24.7 Å². The van der Waals surface area contributed by atoms with Crippen LogP contribution in [0.3, 0.4) is 0 Å². The number of aliphatic hydroxyl groups excluding tert-OH is 2. The molecule has 0 amide bonds. The standard InChI is InChI=1S/C10H14N4O4/c11-7-1-2-14(10(17)13-7)6-3-5(4-12-18)8(15)9(6)16/h1-2,5-6,8-9,15-16H,3-4H2,(H2,11,13,17)/t5?,6?,8-,9+/m1/s1. The van der Waals surface area contributed by atoms with Crippen molar-refractivity contribution >= 4 is 5.82 Å². The van der Waals surface area contributed by atoms with E-state index in [4.69, 9.17) is 5.73 Å². The molecule has 2 unspecified atom stereocenters. The molecule has 8 nitrogen and oxygen atoms in total. The average Bonchev–Trinajstić information content (AvgIpc) is 2.58. The zero-order valence-corrected chi connectivity index (χ0v) is 9.51. The van der Waals surface area contributed by atoms with E-state index < -0.39 is 29.9 Å². The average molecular weight is 254 g/mol. The van der Waals surface area contributed by atoms with E-state index in [1.165, 1.54) is 16.8 Å². The Morgan fingerprint density at radius 3 is 2.83 bits per heavy atom. The largest absolute Gasteiger partial charge is 0.390 e. The molecule has 1 aliphatic carbocycles. The summed E-state index contributed by atoms with van der Waals surface area (Å²) in [6.07, 6.45) is -0.487. The molecule has 0 radical (unpaired) electrons. The first-order valence-corrected chi connectivity index (χ1v) is 5.54. The maximum absolute atomic E-state index is 11.6. The van der Waals surface area contributed by atoms with Gasteiger partial charge in [0.05, 0.1) is 18.7 Å². The van der Waals surface area contributed by atoms with Crippen LogP contribution in [0.5, 0.6) is 0 Å². The van der Waals surface area contributed by atoms with E-state index in [0.717, 1.165) is 0 Å². The lowest BCUT2D eigenvalue weighted by Gasteiger charge is -2.18. The molecule has 0 spiro atoms. The van der Waals surface area contributed by atoms with Gasteiger partial charge in [0.15, 0.2) is 0 Å². The van der Waals surface area contributed by atoms with Gasteiger partial charge >= 0.3 is 5.69 Å². The van der Waals surface area contributed by atoms with Crippen LogP contribution < -0.4 is 11.4 Å². The molecule has 1 aromatic rings. The monoisotopic (exact) mass is 254 g/mol. The minimum absolute atomic E-state index is 0.0914. The van der Waals surface area contributed by atoms with Crippen molar-refractivity contribution in [3.8, 4) is 0 Å². The van der Waals surface area contributed by atoms with Crippen molar-refractivity contribution in [1.82, 2.24) is 9.55 Å². The highest BCUT2D eigenvalue weighted by molar-refractivity contribution is 5.23. The number of nitrogen functional groups attached to an aromatic ring is 1. The van der Waals surface area contributed by atoms with Crippen LogP contribution >= 0.6 is 0 Å². The van der Waals surface area contributed by atoms with E-state index in [2.05, 4.69) is 10.2 Å². The molecule has 18 heavy (non-hydrogen) atoms. The van der Waals surface area contributed by atoms with Crippen molar-refractivity contribution in [2.24, 2.45) is 11.1 Å². The first kappa shape index (κ1) is 12.7. The van der Waals surface area contributed by atoms with Crippen LogP contribution in [0, 0.1) is 10.8 Å². The molecule has 0 aromatic carbocycles. The van der Waals surface area contributed by atoms with E-state index in [1.807, 2.05) is 0 Å². The second kappa shape index (κ2) is 4.83. The summed E-state index contributed by atoms with van der Waals surface area (Å²) in [6, 6.07) is 0.818. The molecule has 8 heteroatoms. The summed E-state index contributed by atoms with van der Waals surface area (Å²) in [5, 5.41) is 22.4. The Hall–Kier alpha value is -1.80. The van der Waals surface area contributed by atoms with Gasteiger partial charge in [-0.15, -0.1) is 0 Å². The number of nitrogens with zero attached hydrogens (tertiary/aromatic N) is 3. The van der Waals surface area contributed by atoms with Gasteiger partial charge in [0.25, 0.3) is 0 Å². The van der Waals surface area contributed by atoms with E-state index in [-0.39, 0.29) is 12.4 Å². The molecule has 0 aliphatic heterocycles. The lowest BCUT2D eigenvalue weighted by molar-refractivity contribution is 0.00706. The summed E-state index contributed by atoms with van der Waals surface area (Å²) in [7, 11) is 0. The first-order chi connectivity index (χ1) is 8.54. The fourth-order valence-electron chi connectivity index (χ4n) is 2.33. The fourth-order valence-corrected chi connectivity index (χ4v) is 2.33. The number of hydrogen-bond donors (Lipinski definition) is 3. The van der Waals surface area contributed by atoms with Crippen LogP contribution in [0.25, 0.3) is 0 Å². The SMILES string of the molecule is Nc1ccn(C2CC(CN=O)[C@@H](O)[C@H]2O)c(=O)n1. The Kier molecular flexibility index (Phi) is 3.39. The number of aliphatic hydroxyl groups is 2. The molecule has 0 saturated heterocycles. The number of nitrogens with two attached hydrogens (primary N) is 1. The molecule has 1 aliphatic rings. The quantitative estimate of drug-likeness (QED) is 0.585. The summed E-state index contributed by atoms with van der Waals surface area (Å²) < 4.78 is 1.22. The third-order valence-electron chi connectivity index (χ3n) is 3.29. The highest BCUT2D eigenvalue weighted by Gasteiger charge is 2.42. The summed E-state index contributed by atoms with van der Waals surface area (Å²) in [6.45, 7) is -0.0914. The molecule has 1 aromatic heterocycles. The fraction of sp³-hybridized carbons (Fsp3) is 0.600. The second-order valence-corrected chi connectivity index (χ2v) is 4.40. The number of aromatic nitrogens is 2. The molecule has 0 bridgehead atoms. The van der Waals surface area contributed by atoms with Crippen molar-refractivity contribution in [1.29, 1.82) is 0 Å². The van der Waals surface area contributed by atoms with Gasteiger partial charge in [0.2, 0.25) is 0 Å². The molecule has 4 N–H and O–H groups in total. The van der Waals surface area contributed by atoms with E-state index in [0.29, 0.717) is 6.42 Å². The second-order valence-electron chi connectivity index (χ2n) is 4.40. The normalized spacial score (nSPS) is 31.4. The minimum atomic E-state index is -1.13. The summed E-state index contributed by atoms with van der Waals surface area (Å²) in [5.41, 5.74) is 4.78. The topological polar surface area (TPSA) is 131 Å². The Bertz CT molecular complexity index is 503. The smallest absolute Gasteiger partial charge is 0.349 e. The van der Waals surface area contributed by atoms with Gasteiger partial charge in [-0.25, -0.2) is 4.79 Å². The van der Waals surface area contributed by atoms with E-state index >= 15 is 0 Å². The highest BCUT2D eigenvalue weighted by Crippen LogP contribution is 2.34. The van der Waals surface area contributed by atoms with Gasteiger partial charge in [-0.2, -0.15) is 9.89 Å². The van der Waals surface area contributed by atoms with Crippen LogP contribution in [-0.2, 0) is 0 Å². The van der Waals surface area contributed by atoms with Crippen LogP contribution in [0.2, 0.25) is 0 Å². The van der Waals surface area contributed by atoms with Gasteiger partial charge in [0, 0.05) is 12.1 Å². The number of hydrogen-bond acceptors (Lipinski definition) is 7. The molecular weight excluding hydrogens is 240 g/mol. The van der Waals surface area contributed by atoms with Crippen LogP contribution in [0.1, 0.15) is 12.5 Å². The molecule has 1 fully saturated rings. The van der Waals surface area contributed by atoms with Gasteiger partial charge in [-0.05, 0) is 12.5 Å². The number of nitroso groups, excluding NO2 is 1. The Labute approximate surface area is 102 Å². The van der Waals surface area contributed by atoms with Gasteiger partial charge in [0.1, 0.15) is 11.9 Å². The number of rotatable bonds is 3. The van der Waals surface area contributed by atoms with Crippen LogP contribution in [0.4, 0.5) is 5.82 Å². The zero-order valence-electron chi connectivity index (χ0n) is 9.51. The lowest BCUT2D eigenvalue weighted by atomic mass is 10.1. The summed E-state index contributed by atoms with van der Waals surface area (Å²) in [5.74, 6) is -0.359. The zero-order chi connectivity index (χ0) is 13.3. The number of anilines is 1. The van der Waals surface area contributed by atoms with Crippen molar-refractivity contribution < 1.29 is 10.2 Å². The Morgan fingerprint density at radius 1 is 1.50 bits per heavy atom. The van der Waals surface area contributed by atoms with Crippen LogP contribution in [0.15, 0.2) is 22.2 Å². The predicted molar refractivity (Wildman–Crippen MR) is 62.7 cm³/mol. The lowest BCUT2D eigenvalue weighted by Crippen LogP contribution is -2.35. The van der Waals surface area contributed by atoms with Crippen LogP contribution in [-0.4, -0.2) is 38.5 Å². The maximum atomic E-state index is 11.6. The van der Waals surface area contributed by atoms with Gasteiger partial charge < -0.3 is 15.9 Å². The first-order valence-electron chi connectivity index (χ1n) is 5.54. The van der Waals surface area contributed by atoms with E-state index in [1.54, 1.807) is 0 Å². The molecule has 98 valence electrons. The Morgan fingerprint density at radius 2 is 2.22 bits per heavy atom. The van der Waals surface area contributed by atoms with Crippen molar-refractivity contribution in [3.63, 3.8) is 0 Å². The molecular formula is C10H14N4O4. The van der Waals surface area contributed by atoms with Crippen molar-refractivity contribution in [2.75, 3.05) is 12.3 Å². The molecule has 4 atom stereocenters. The maximum Gasteiger partial charge on any atom is 0.349 e.